The molecule has 6 nitrogen and oxygen atoms in total. The fourth-order valence-electron chi connectivity index (χ4n) is 2.18. The van der Waals surface area contributed by atoms with Gasteiger partial charge in [0.25, 0.3) is 5.69 Å². The molecule has 0 bridgehead atoms. The number of non-ortho nitro benzene ring substituents is 1. The van der Waals surface area contributed by atoms with Crippen molar-refractivity contribution in [3.63, 3.8) is 0 Å². The maximum Gasteiger partial charge on any atom is 0.271 e. The van der Waals surface area contributed by atoms with Gasteiger partial charge in [-0.05, 0) is 29.7 Å². The summed E-state index contributed by atoms with van der Waals surface area (Å²) in [6.45, 7) is 0. The Morgan fingerprint density at radius 1 is 1.04 bits per heavy atom. The molecule has 0 aliphatic heterocycles. The van der Waals surface area contributed by atoms with Crippen molar-refractivity contribution in [2.24, 2.45) is 0 Å². The zero-order chi connectivity index (χ0) is 16.6. The molecule has 3 rings (SSSR count). The van der Waals surface area contributed by atoms with Gasteiger partial charge < -0.3 is 0 Å². The minimum Gasteiger partial charge on any atom is -0.264 e. The van der Waals surface area contributed by atoms with E-state index in [-0.39, 0.29) is 20.5 Å². The first-order valence-electron chi connectivity index (χ1n) is 6.42. The lowest BCUT2D eigenvalue weighted by atomic mass is 10.2. The van der Waals surface area contributed by atoms with E-state index in [4.69, 9.17) is 11.6 Å². The monoisotopic (exact) mass is 348 g/mol. The molecule has 0 amide bonds. The maximum absolute atomic E-state index is 12.7. The largest absolute Gasteiger partial charge is 0.271 e. The van der Waals surface area contributed by atoms with Gasteiger partial charge in [-0.25, -0.2) is 8.42 Å². The van der Waals surface area contributed by atoms with Crippen LogP contribution in [-0.2, 0) is 9.84 Å². The number of fused-ring (bicyclic) bond motifs is 1. The average Bonchev–Trinajstić information content (AvgIpc) is 2.54. The third-order valence-corrected chi connectivity index (χ3v) is 5.57. The first kappa shape index (κ1) is 15.4. The summed E-state index contributed by atoms with van der Waals surface area (Å²) in [5, 5.41) is 12.1. The van der Waals surface area contributed by atoms with Crippen LogP contribution in [0.5, 0.6) is 0 Å². The number of nitro groups is 1. The first-order chi connectivity index (χ1) is 10.9. The van der Waals surface area contributed by atoms with E-state index in [1.165, 1.54) is 12.1 Å². The second-order valence-electron chi connectivity index (χ2n) is 4.76. The molecular weight excluding hydrogens is 340 g/mol. The van der Waals surface area contributed by atoms with Crippen molar-refractivity contribution in [1.82, 2.24) is 4.98 Å². The van der Waals surface area contributed by atoms with Gasteiger partial charge in [0, 0.05) is 29.9 Å². The van der Waals surface area contributed by atoms with Crippen LogP contribution in [0, 0.1) is 10.1 Å². The van der Waals surface area contributed by atoms with Crippen LogP contribution in [0.25, 0.3) is 10.8 Å². The minimum absolute atomic E-state index is 0.0498. The summed E-state index contributed by atoms with van der Waals surface area (Å²) in [6, 6.07) is 9.68. The average molecular weight is 349 g/mol. The lowest BCUT2D eigenvalue weighted by Crippen LogP contribution is -2.03. The van der Waals surface area contributed by atoms with E-state index in [9.17, 15) is 18.5 Å². The van der Waals surface area contributed by atoms with Crippen LogP contribution in [0.4, 0.5) is 5.69 Å². The molecular formula is C15H9ClN2O4S. The lowest BCUT2D eigenvalue weighted by Gasteiger charge is -2.07. The van der Waals surface area contributed by atoms with E-state index in [2.05, 4.69) is 4.98 Å². The second-order valence-corrected chi connectivity index (χ2v) is 7.09. The van der Waals surface area contributed by atoms with Crippen LogP contribution < -0.4 is 0 Å². The molecule has 0 aliphatic carbocycles. The summed E-state index contributed by atoms with van der Waals surface area (Å²) in [6.07, 6.45) is 3.18. The molecule has 0 radical (unpaired) electrons. The van der Waals surface area contributed by atoms with Gasteiger partial charge in [0.05, 0.1) is 19.7 Å². The summed E-state index contributed by atoms with van der Waals surface area (Å²) in [5.41, 5.74) is -0.267. The van der Waals surface area contributed by atoms with Gasteiger partial charge in [-0.15, -0.1) is 0 Å². The van der Waals surface area contributed by atoms with Crippen molar-refractivity contribution in [2.45, 2.75) is 9.79 Å². The zero-order valence-corrected chi connectivity index (χ0v) is 13.1. The van der Waals surface area contributed by atoms with E-state index in [0.717, 1.165) is 23.6 Å². The van der Waals surface area contributed by atoms with Crippen LogP contribution in [0.15, 0.2) is 64.6 Å². The Kier molecular flexibility index (Phi) is 3.75. The van der Waals surface area contributed by atoms with Crippen LogP contribution in [-0.4, -0.2) is 18.3 Å². The van der Waals surface area contributed by atoms with Crippen molar-refractivity contribution < 1.29 is 13.3 Å². The van der Waals surface area contributed by atoms with Gasteiger partial charge in [-0.3, -0.25) is 15.1 Å². The normalized spacial score (nSPS) is 11.5. The molecule has 0 fully saturated rings. The Balaban J connectivity index is 2.15. The Bertz CT molecular complexity index is 1030. The summed E-state index contributed by atoms with van der Waals surface area (Å²) in [7, 11) is -3.89. The molecule has 0 unspecified atom stereocenters. The zero-order valence-electron chi connectivity index (χ0n) is 11.5. The van der Waals surface area contributed by atoms with E-state index in [1.807, 2.05) is 0 Å². The number of hydrogen-bond donors (Lipinski definition) is 0. The van der Waals surface area contributed by atoms with Gasteiger partial charge in [0.1, 0.15) is 0 Å². The lowest BCUT2D eigenvalue weighted by molar-refractivity contribution is -0.384. The molecule has 1 heterocycles. The predicted molar refractivity (Wildman–Crippen MR) is 85.3 cm³/mol. The van der Waals surface area contributed by atoms with Gasteiger partial charge in [0.15, 0.2) is 0 Å². The SMILES string of the molecule is O=[N+]([O-])c1ccc(S(=O)(=O)c2ccc3ccncc3c2)c(Cl)c1. The third-order valence-electron chi connectivity index (χ3n) is 3.34. The molecule has 116 valence electrons. The van der Waals surface area contributed by atoms with Crippen LogP contribution >= 0.6 is 11.6 Å². The maximum atomic E-state index is 12.7. The molecule has 1 aromatic heterocycles. The minimum atomic E-state index is -3.89. The molecule has 23 heavy (non-hydrogen) atoms. The number of halogens is 1. The summed E-state index contributed by atoms with van der Waals surface area (Å²) in [5.74, 6) is 0. The molecule has 0 spiro atoms. The Labute approximate surface area is 136 Å². The number of sulfone groups is 1. The number of nitro benzene ring substituents is 1. The van der Waals surface area contributed by atoms with Crippen LogP contribution in [0.2, 0.25) is 5.02 Å². The fourth-order valence-corrected chi connectivity index (χ4v) is 4.00. The van der Waals surface area contributed by atoms with Gasteiger partial charge >= 0.3 is 0 Å². The third kappa shape index (κ3) is 2.76. The standard InChI is InChI=1S/C15H9ClN2O4S/c16-14-8-12(18(19)20)2-4-15(14)23(21,22)13-3-1-10-5-6-17-9-11(10)7-13/h1-9H. The van der Waals surface area contributed by atoms with Crippen molar-refractivity contribution >= 4 is 37.9 Å². The van der Waals surface area contributed by atoms with E-state index >= 15 is 0 Å². The highest BCUT2D eigenvalue weighted by Gasteiger charge is 2.23. The van der Waals surface area contributed by atoms with Gasteiger partial charge in [-0.2, -0.15) is 0 Å². The van der Waals surface area contributed by atoms with Gasteiger partial charge in [-0.1, -0.05) is 17.7 Å². The highest BCUT2D eigenvalue weighted by molar-refractivity contribution is 7.91. The Hall–Kier alpha value is -2.51. The highest BCUT2D eigenvalue weighted by Crippen LogP contribution is 2.31. The molecule has 0 atom stereocenters. The number of aromatic nitrogens is 1. The first-order valence-corrected chi connectivity index (χ1v) is 8.28. The summed E-state index contributed by atoms with van der Waals surface area (Å²) >= 11 is 5.93. The fraction of sp³-hybridized carbons (Fsp3) is 0. The van der Waals surface area contributed by atoms with E-state index in [0.29, 0.717) is 5.39 Å². The van der Waals surface area contributed by atoms with Crippen molar-refractivity contribution in [3.8, 4) is 0 Å². The molecule has 0 saturated heterocycles. The highest BCUT2D eigenvalue weighted by atomic mass is 35.5. The summed E-state index contributed by atoms with van der Waals surface area (Å²) in [4.78, 5) is 13.9. The van der Waals surface area contributed by atoms with Crippen molar-refractivity contribution in [2.75, 3.05) is 0 Å². The smallest absolute Gasteiger partial charge is 0.264 e. The van der Waals surface area contributed by atoms with Crippen molar-refractivity contribution in [1.29, 1.82) is 0 Å². The molecule has 3 aromatic rings. The molecule has 2 aromatic carbocycles. The number of nitrogens with zero attached hydrogens (tertiary/aromatic N) is 2. The quantitative estimate of drug-likeness (QED) is 0.532. The topological polar surface area (TPSA) is 90.2 Å². The number of benzene rings is 2. The van der Waals surface area contributed by atoms with E-state index < -0.39 is 14.8 Å². The van der Waals surface area contributed by atoms with Crippen molar-refractivity contribution in [3.05, 3.63) is 70.0 Å². The number of hydrogen-bond acceptors (Lipinski definition) is 5. The Morgan fingerprint density at radius 3 is 2.52 bits per heavy atom. The predicted octanol–water partition coefficient (Wildman–Crippen LogP) is 3.63. The molecule has 0 saturated carbocycles. The molecule has 8 heteroatoms. The molecule has 0 aliphatic rings. The van der Waals surface area contributed by atoms with E-state index in [1.54, 1.807) is 24.5 Å². The molecule has 0 N–H and O–H groups in total. The Morgan fingerprint density at radius 2 is 1.83 bits per heavy atom. The number of rotatable bonds is 3. The summed E-state index contributed by atoms with van der Waals surface area (Å²) < 4.78 is 25.4. The second kappa shape index (κ2) is 5.60. The van der Waals surface area contributed by atoms with Crippen LogP contribution in [0.1, 0.15) is 0 Å². The van der Waals surface area contributed by atoms with Crippen LogP contribution in [0.3, 0.4) is 0 Å². The van der Waals surface area contributed by atoms with Gasteiger partial charge in [0.2, 0.25) is 9.84 Å². The number of pyridine rings is 1.